The Balaban J connectivity index is 1.27. The van der Waals surface area contributed by atoms with Gasteiger partial charge in [-0.15, -0.1) is 0 Å². The van der Waals surface area contributed by atoms with Gasteiger partial charge >= 0.3 is 0 Å². The number of methoxy groups -OCH3 is 1. The van der Waals surface area contributed by atoms with Crippen molar-refractivity contribution in [2.75, 3.05) is 32.1 Å². The second-order valence-corrected chi connectivity index (χ2v) is 13.7. The predicted molar refractivity (Wildman–Crippen MR) is 174 cm³/mol. The van der Waals surface area contributed by atoms with Gasteiger partial charge in [0.05, 0.1) is 36.5 Å². The Labute approximate surface area is 259 Å². The number of rotatable bonds is 6. The maximum absolute atomic E-state index is 14.5. The molecule has 4 aliphatic rings. The molecular weight excluding hydrogens is 557 g/mol. The summed E-state index contributed by atoms with van der Waals surface area (Å²) in [7, 11) is 3.55. The molecule has 0 amide bonds. The molecule has 3 saturated carbocycles. The number of aliphatic imine (C=N–C) groups is 1. The van der Waals surface area contributed by atoms with Gasteiger partial charge in [0, 0.05) is 44.5 Å². The third-order valence-corrected chi connectivity index (χ3v) is 10.7. The molecule has 4 fully saturated rings. The number of guanidine groups is 1. The highest BCUT2D eigenvalue weighted by Gasteiger charge is 2.56. The van der Waals surface area contributed by atoms with Gasteiger partial charge in [-0.2, -0.15) is 0 Å². The number of piperazine rings is 1. The van der Waals surface area contributed by atoms with Gasteiger partial charge in [0.25, 0.3) is 5.56 Å². The number of ether oxygens (including phenoxy) is 1. The molecule has 3 N–H and O–H groups in total. The van der Waals surface area contributed by atoms with Crippen molar-refractivity contribution in [3.63, 3.8) is 0 Å². The highest BCUT2D eigenvalue weighted by atomic mass is 19.1. The molecular formula is C34H46FN7O2. The van der Waals surface area contributed by atoms with E-state index in [9.17, 15) is 9.18 Å². The van der Waals surface area contributed by atoms with Crippen LogP contribution in [-0.4, -0.2) is 65.9 Å². The first kappa shape index (κ1) is 30.5. The van der Waals surface area contributed by atoms with Crippen molar-refractivity contribution in [3.8, 4) is 5.75 Å². The minimum atomic E-state index is -0.348. The van der Waals surface area contributed by atoms with Gasteiger partial charge in [0.15, 0.2) is 0 Å². The third-order valence-electron chi connectivity index (χ3n) is 10.7. The molecule has 2 aromatic carbocycles. The quantitative estimate of drug-likeness (QED) is 0.321. The number of aromatic nitrogens is 2. The van der Waals surface area contributed by atoms with Crippen molar-refractivity contribution in [2.24, 2.45) is 33.9 Å². The smallest absolute Gasteiger partial charge is 0.261 e. The monoisotopic (exact) mass is 603 g/mol. The lowest BCUT2D eigenvalue weighted by Crippen LogP contribution is -2.63. The van der Waals surface area contributed by atoms with Crippen LogP contribution in [0, 0.1) is 29.0 Å². The zero-order valence-electron chi connectivity index (χ0n) is 26.8. The van der Waals surface area contributed by atoms with Gasteiger partial charge < -0.3 is 20.3 Å². The Bertz CT molecular complexity index is 1610. The average molecular weight is 604 g/mol. The van der Waals surface area contributed by atoms with Crippen molar-refractivity contribution in [3.05, 3.63) is 64.5 Å². The number of anilines is 1. The number of hydrogen-bond acceptors (Lipinski definition) is 6. The van der Waals surface area contributed by atoms with E-state index in [-0.39, 0.29) is 29.6 Å². The maximum Gasteiger partial charge on any atom is 0.261 e. The zero-order valence-corrected chi connectivity index (χ0v) is 26.8. The van der Waals surface area contributed by atoms with Gasteiger partial charge in [0.2, 0.25) is 5.96 Å². The fraction of sp³-hybridized carbons (Fsp3) is 0.559. The molecule has 9 nitrogen and oxygen atoms in total. The van der Waals surface area contributed by atoms with Crippen LogP contribution in [0.2, 0.25) is 0 Å². The number of fused-ring (bicyclic) bond motifs is 3. The van der Waals surface area contributed by atoms with Gasteiger partial charge in [-0.3, -0.25) is 14.7 Å². The molecule has 3 aromatic rings. The average Bonchev–Trinajstić information content (AvgIpc) is 2.99. The number of halogens is 1. The van der Waals surface area contributed by atoms with Crippen LogP contribution >= 0.6 is 0 Å². The first-order valence-electron chi connectivity index (χ1n) is 15.9. The summed E-state index contributed by atoms with van der Waals surface area (Å²) in [5.41, 5.74) is 8.70. The van der Waals surface area contributed by atoms with Crippen molar-refractivity contribution < 1.29 is 9.13 Å². The Morgan fingerprint density at radius 1 is 1.20 bits per heavy atom. The lowest BCUT2D eigenvalue weighted by Gasteiger charge is -2.61. The minimum Gasteiger partial charge on any atom is -0.497 e. The van der Waals surface area contributed by atoms with Gasteiger partial charge in [0.1, 0.15) is 11.6 Å². The molecule has 44 heavy (non-hydrogen) atoms. The summed E-state index contributed by atoms with van der Waals surface area (Å²) in [6.45, 7) is 11.1. The van der Waals surface area contributed by atoms with Crippen LogP contribution < -0.4 is 26.2 Å². The Morgan fingerprint density at radius 2 is 2.00 bits per heavy atom. The van der Waals surface area contributed by atoms with Gasteiger partial charge in [-0.25, -0.2) is 14.4 Å². The van der Waals surface area contributed by atoms with Crippen molar-refractivity contribution in [1.82, 2.24) is 19.8 Å². The first-order valence-corrected chi connectivity index (χ1v) is 15.9. The lowest BCUT2D eigenvalue weighted by atomic mass is 9.45. The zero-order chi connectivity index (χ0) is 31.3. The van der Waals surface area contributed by atoms with Crippen LogP contribution in [0.4, 0.5) is 10.1 Å². The molecule has 7 rings (SSSR count). The summed E-state index contributed by atoms with van der Waals surface area (Å²) in [6.07, 6.45) is 4.20. The molecule has 0 spiro atoms. The van der Waals surface area contributed by atoms with Crippen LogP contribution in [0.25, 0.3) is 10.9 Å². The molecule has 236 valence electrons. The summed E-state index contributed by atoms with van der Waals surface area (Å²) in [6, 6.07) is 11.0. The molecule has 6 atom stereocenters. The molecule has 1 saturated heterocycles. The van der Waals surface area contributed by atoms with Crippen molar-refractivity contribution in [2.45, 2.75) is 71.8 Å². The highest BCUT2D eigenvalue weighted by Crippen LogP contribution is 2.61. The fourth-order valence-electron chi connectivity index (χ4n) is 7.83. The van der Waals surface area contributed by atoms with E-state index in [2.05, 4.69) is 47.8 Å². The molecule has 0 unspecified atom stereocenters. The van der Waals surface area contributed by atoms with Gasteiger partial charge in [-0.1, -0.05) is 26.8 Å². The largest absolute Gasteiger partial charge is 0.497 e. The van der Waals surface area contributed by atoms with Crippen molar-refractivity contribution in [1.29, 1.82) is 0 Å². The van der Waals surface area contributed by atoms with E-state index in [4.69, 9.17) is 15.5 Å². The van der Waals surface area contributed by atoms with Crippen LogP contribution in [-0.2, 0) is 13.0 Å². The number of nitrogens with one attached hydrogen (secondary N) is 1. The number of nitrogens with two attached hydrogens (primary N) is 1. The normalized spacial score (nSPS) is 28.1. The van der Waals surface area contributed by atoms with E-state index >= 15 is 0 Å². The van der Waals surface area contributed by atoms with E-state index < -0.39 is 0 Å². The standard InChI is InChI=1S/C34H46FN7O2/c1-20-17-42(18-31(36)38-20)33(39-29-14-23-13-27(21(29)2)34(23,3)4)40(5)24-8-10-26-30(15-24)37-19-41(32(26)43)12-11-22-7-9-25(44-6)16-28(22)35/h7-10,15-16,19-21,23,27,29,31,38H,11-14,17-18,36H2,1-6H3/t20-,21-,23+,27-,29-,31+/m0/s1. The molecule has 0 radical (unpaired) electrons. The third kappa shape index (κ3) is 5.58. The Kier molecular flexibility index (Phi) is 8.17. The summed E-state index contributed by atoms with van der Waals surface area (Å²) in [4.78, 5) is 27.9. The van der Waals surface area contributed by atoms with E-state index in [0.29, 0.717) is 64.9 Å². The maximum atomic E-state index is 14.5. The minimum absolute atomic E-state index is 0.142. The van der Waals surface area contributed by atoms with Crippen LogP contribution in [0.15, 0.2) is 52.5 Å². The number of benzene rings is 2. The van der Waals surface area contributed by atoms with Crippen molar-refractivity contribution >= 4 is 22.5 Å². The number of hydrogen-bond donors (Lipinski definition) is 2. The fourth-order valence-corrected chi connectivity index (χ4v) is 7.83. The summed E-state index contributed by atoms with van der Waals surface area (Å²) < 4.78 is 21.1. The Hall–Kier alpha value is -3.50. The molecule has 2 heterocycles. The lowest BCUT2D eigenvalue weighted by molar-refractivity contribution is -0.108. The second-order valence-electron chi connectivity index (χ2n) is 13.7. The summed E-state index contributed by atoms with van der Waals surface area (Å²) in [5, 5.41) is 3.96. The highest BCUT2D eigenvalue weighted by molar-refractivity contribution is 5.97. The number of aryl methyl sites for hydroxylation is 2. The van der Waals surface area contributed by atoms with Crippen LogP contribution in [0.1, 0.15) is 46.1 Å². The molecule has 10 heteroatoms. The van der Waals surface area contributed by atoms with Gasteiger partial charge in [-0.05, 0) is 79.2 Å². The summed E-state index contributed by atoms with van der Waals surface area (Å²) >= 11 is 0. The number of nitrogens with zero attached hydrogens (tertiary/aromatic N) is 5. The molecule has 1 aromatic heterocycles. The predicted octanol–water partition coefficient (Wildman–Crippen LogP) is 4.23. The molecule has 2 bridgehead atoms. The molecule has 3 aliphatic carbocycles. The topological polar surface area (TPSA) is 101 Å². The van der Waals surface area contributed by atoms with E-state index in [1.807, 2.05) is 25.2 Å². The Morgan fingerprint density at radius 3 is 2.68 bits per heavy atom. The van der Waals surface area contributed by atoms with E-state index in [1.165, 1.54) is 19.6 Å². The van der Waals surface area contributed by atoms with Crippen LogP contribution in [0.3, 0.4) is 0 Å². The van der Waals surface area contributed by atoms with Crippen LogP contribution in [0.5, 0.6) is 5.75 Å². The SMILES string of the molecule is COc1ccc(CCn2cnc3cc(N(C)C(=N[C@H]4C[C@H]5C[C@@H]([C@@H]4C)C5(C)C)N4C[C@H](C)N[C@@H](N)C4)ccc3c2=O)c(F)c1. The van der Waals surface area contributed by atoms with E-state index in [0.717, 1.165) is 24.6 Å². The first-order chi connectivity index (χ1) is 21.0. The summed E-state index contributed by atoms with van der Waals surface area (Å²) in [5.74, 6) is 2.95. The second kappa shape index (κ2) is 11.8. The molecule has 1 aliphatic heterocycles. The van der Waals surface area contributed by atoms with E-state index in [1.54, 1.807) is 23.0 Å².